The van der Waals surface area contributed by atoms with Crippen molar-refractivity contribution >= 4 is 5.91 Å². The van der Waals surface area contributed by atoms with E-state index >= 15 is 0 Å². The van der Waals surface area contributed by atoms with Crippen LogP contribution < -0.4 is 11.1 Å². The lowest BCUT2D eigenvalue weighted by Crippen LogP contribution is -2.50. The normalized spacial score (nSPS) is 24.4. The fourth-order valence-corrected chi connectivity index (χ4v) is 1.97. The van der Waals surface area contributed by atoms with Gasteiger partial charge in [-0.3, -0.25) is 9.69 Å². The number of carbonyl (C=O) groups excluding carboxylic acids is 1. The molecular formula is C9H16F3N3O. The summed E-state index contributed by atoms with van der Waals surface area (Å²) in [5.74, 6) is -0.219. The summed E-state index contributed by atoms with van der Waals surface area (Å²) in [7, 11) is 0. The molecule has 0 bridgehead atoms. The number of likely N-dealkylation sites (tertiary alicyclic amines) is 1. The molecule has 0 saturated carbocycles. The molecule has 1 amide bonds. The first-order valence-corrected chi connectivity index (χ1v) is 5.12. The molecule has 1 aliphatic rings. The first-order valence-electron chi connectivity index (χ1n) is 5.12. The molecule has 16 heavy (non-hydrogen) atoms. The molecule has 1 aliphatic heterocycles. The van der Waals surface area contributed by atoms with Gasteiger partial charge in [0.1, 0.15) is 6.04 Å². The van der Waals surface area contributed by atoms with Crippen molar-refractivity contribution in [3.63, 3.8) is 0 Å². The zero-order valence-corrected chi connectivity index (χ0v) is 9.05. The molecule has 0 spiro atoms. The van der Waals surface area contributed by atoms with Gasteiger partial charge in [0.15, 0.2) is 0 Å². The van der Waals surface area contributed by atoms with Gasteiger partial charge in [0.25, 0.3) is 0 Å². The van der Waals surface area contributed by atoms with Gasteiger partial charge in [-0.2, -0.15) is 13.2 Å². The largest absolute Gasteiger partial charge is 0.405 e. The van der Waals surface area contributed by atoms with E-state index in [0.717, 1.165) is 0 Å². The van der Waals surface area contributed by atoms with Gasteiger partial charge in [-0.1, -0.05) is 0 Å². The molecule has 0 radical (unpaired) electrons. The summed E-state index contributed by atoms with van der Waals surface area (Å²) in [5.41, 5.74) is 5.14. The van der Waals surface area contributed by atoms with Gasteiger partial charge in [0, 0.05) is 32.6 Å². The Labute approximate surface area is 92.0 Å². The number of alkyl halides is 3. The number of carbonyl (C=O) groups is 1. The van der Waals surface area contributed by atoms with Crippen LogP contribution in [0.5, 0.6) is 0 Å². The number of hydrogen-bond acceptors (Lipinski definition) is 3. The third-order valence-corrected chi connectivity index (χ3v) is 2.67. The maximum atomic E-state index is 12.6. The molecule has 1 saturated heterocycles. The van der Waals surface area contributed by atoms with E-state index in [1.807, 2.05) is 0 Å². The van der Waals surface area contributed by atoms with Crippen LogP contribution in [-0.2, 0) is 4.79 Å². The molecule has 4 nitrogen and oxygen atoms in total. The van der Waals surface area contributed by atoms with Crippen molar-refractivity contribution in [3.05, 3.63) is 0 Å². The third kappa shape index (κ3) is 3.34. The summed E-state index contributed by atoms with van der Waals surface area (Å²) in [6, 6.07) is -1.81. The topological polar surface area (TPSA) is 58.4 Å². The van der Waals surface area contributed by atoms with E-state index in [0.29, 0.717) is 13.0 Å². The first kappa shape index (κ1) is 13.2. The first-order chi connectivity index (χ1) is 7.34. The van der Waals surface area contributed by atoms with Crippen LogP contribution in [0.15, 0.2) is 0 Å². The monoisotopic (exact) mass is 239 g/mol. The van der Waals surface area contributed by atoms with Gasteiger partial charge in [-0.25, -0.2) is 0 Å². The van der Waals surface area contributed by atoms with Gasteiger partial charge >= 0.3 is 6.18 Å². The van der Waals surface area contributed by atoms with Crippen LogP contribution in [0.25, 0.3) is 0 Å². The molecule has 94 valence electrons. The minimum atomic E-state index is -4.31. The predicted octanol–water partition coefficient (Wildman–Crippen LogP) is 0.0864. The predicted molar refractivity (Wildman–Crippen MR) is 52.7 cm³/mol. The van der Waals surface area contributed by atoms with Crippen LogP contribution in [0, 0.1) is 0 Å². The lowest BCUT2D eigenvalue weighted by Gasteiger charge is -2.28. The molecule has 1 rings (SSSR count). The minimum absolute atomic E-state index is 0.200. The van der Waals surface area contributed by atoms with Crippen molar-refractivity contribution in [2.24, 2.45) is 5.73 Å². The number of amides is 1. The standard InChI is InChI=1S/C9H16F3N3O/c1-6(16)14-7-2-3-15(5-7)8(4-13)9(10,11)12/h7-8H,2-5,13H2,1H3,(H,14,16). The highest BCUT2D eigenvalue weighted by Gasteiger charge is 2.44. The molecule has 1 heterocycles. The van der Waals surface area contributed by atoms with Crippen molar-refractivity contribution in [1.82, 2.24) is 10.2 Å². The highest BCUT2D eigenvalue weighted by Crippen LogP contribution is 2.26. The van der Waals surface area contributed by atoms with Crippen molar-refractivity contribution in [2.75, 3.05) is 19.6 Å². The maximum Gasteiger partial charge on any atom is 0.405 e. The number of halogens is 3. The SMILES string of the molecule is CC(=O)NC1CCN(C(CN)C(F)(F)F)C1. The van der Waals surface area contributed by atoms with Crippen LogP contribution in [-0.4, -0.2) is 48.7 Å². The highest BCUT2D eigenvalue weighted by molar-refractivity contribution is 5.73. The Morgan fingerprint density at radius 3 is 2.69 bits per heavy atom. The number of nitrogens with zero attached hydrogens (tertiary/aromatic N) is 1. The molecule has 0 aromatic heterocycles. The second-order valence-corrected chi connectivity index (χ2v) is 3.97. The highest BCUT2D eigenvalue weighted by atomic mass is 19.4. The lowest BCUT2D eigenvalue weighted by atomic mass is 10.2. The minimum Gasteiger partial charge on any atom is -0.352 e. The van der Waals surface area contributed by atoms with Crippen molar-refractivity contribution in [2.45, 2.75) is 31.6 Å². The summed E-state index contributed by atoms with van der Waals surface area (Å²) in [6.45, 7) is 1.43. The average Bonchev–Trinajstić information content (AvgIpc) is 2.50. The lowest BCUT2D eigenvalue weighted by molar-refractivity contribution is -0.178. The number of rotatable bonds is 3. The van der Waals surface area contributed by atoms with Gasteiger partial charge in [0.2, 0.25) is 5.91 Å². The Morgan fingerprint density at radius 2 is 2.25 bits per heavy atom. The second-order valence-electron chi connectivity index (χ2n) is 3.97. The smallest absolute Gasteiger partial charge is 0.352 e. The molecule has 1 fully saturated rings. The van der Waals surface area contributed by atoms with Crippen LogP contribution in [0.1, 0.15) is 13.3 Å². The summed E-state index contributed by atoms with van der Waals surface area (Å²) >= 11 is 0. The molecule has 0 aromatic carbocycles. The van der Waals surface area contributed by atoms with E-state index in [1.165, 1.54) is 11.8 Å². The third-order valence-electron chi connectivity index (χ3n) is 2.67. The van der Waals surface area contributed by atoms with E-state index < -0.39 is 18.8 Å². The second kappa shape index (κ2) is 5.01. The molecular weight excluding hydrogens is 223 g/mol. The summed E-state index contributed by atoms with van der Waals surface area (Å²) in [4.78, 5) is 12.0. The number of hydrogen-bond donors (Lipinski definition) is 2. The maximum absolute atomic E-state index is 12.6. The molecule has 0 aromatic rings. The Hall–Kier alpha value is -0.820. The van der Waals surface area contributed by atoms with Crippen molar-refractivity contribution in [3.8, 4) is 0 Å². The van der Waals surface area contributed by atoms with Crippen LogP contribution in [0.4, 0.5) is 13.2 Å². The van der Waals surface area contributed by atoms with Crippen LogP contribution >= 0.6 is 0 Å². The van der Waals surface area contributed by atoms with Gasteiger partial charge in [-0.05, 0) is 6.42 Å². The number of nitrogens with one attached hydrogen (secondary N) is 1. The molecule has 0 aliphatic carbocycles. The van der Waals surface area contributed by atoms with E-state index in [4.69, 9.17) is 5.73 Å². The zero-order chi connectivity index (χ0) is 12.3. The number of nitrogens with two attached hydrogens (primary N) is 1. The van der Waals surface area contributed by atoms with Crippen molar-refractivity contribution < 1.29 is 18.0 Å². The Morgan fingerprint density at radius 1 is 1.62 bits per heavy atom. The van der Waals surface area contributed by atoms with Crippen LogP contribution in [0.3, 0.4) is 0 Å². The van der Waals surface area contributed by atoms with Gasteiger partial charge in [0.05, 0.1) is 0 Å². The van der Waals surface area contributed by atoms with E-state index in [9.17, 15) is 18.0 Å². The molecule has 2 unspecified atom stereocenters. The summed E-state index contributed by atoms with van der Waals surface area (Å²) < 4.78 is 37.7. The van der Waals surface area contributed by atoms with Gasteiger partial charge < -0.3 is 11.1 Å². The Kier molecular flexibility index (Phi) is 4.15. The molecule has 2 atom stereocenters. The molecule has 7 heteroatoms. The molecule has 3 N–H and O–H groups in total. The van der Waals surface area contributed by atoms with Crippen LogP contribution in [0.2, 0.25) is 0 Å². The summed E-state index contributed by atoms with van der Waals surface area (Å²) in [5, 5.41) is 2.61. The fraction of sp³-hybridized carbons (Fsp3) is 0.889. The van der Waals surface area contributed by atoms with E-state index in [-0.39, 0.29) is 18.5 Å². The van der Waals surface area contributed by atoms with Gasteiger partial charge in [-0.15, -0.1) is 0 Å². The Bertz CT molecular complexity index is 257. The zero-order valence-electron chi connectivity index (χ0n) is 9.05. The Balaban J connectivity index is 2.54. The van der Waals surface area contributed by atoms with E-state index in [1.54, 1.807) is 0 Å². The quantitative estimate of drug-likeness (QED) is 0.733. The fourth-order valence-electron chi connectivity index (χ4n) is 1.97. The summed E-state index contributed by atoms with van der Waals surface area (Å²) in [6.07, 6.45) is -3.77. The van der Waals surface area contributed by atoms with E-state index in [2.05, 4.69) is 5.32 Å². The average molecular weight is 239 g/mol. The van der Waals surface area contributed by atoms with Crippen molar-refractivity contribution in [1.29, 1.82) is 0 Å².